The minimum atomic E-state index is -1.13. The molecule has 7 heteroatoms. The fraction of sp³-hybridized carbons (Fsp3) is 0.316. The first kappa shape index (κ1) is 19.5. The molecule has 0 N–H and O–H groups in total. The summed E-state index contributed by atoms with van der Waals surface area (Å²) in [5.74, 6) is -0.266. The van der Waals surface area contributed by atoms with E-state index in [9.17, 15) is 4.39 Å². The second-order valence-corrected chi connectivity index (χ2v) is 14.3. The molecular formula is C19H21BrClFN2OSi. The van der Waals surface area contributed by atoms with Crippen molar-refractivity contribution in [2.75, 3.05) is 6.61 Å². The molecule has 2 heterocycles. The van der Waals surface area contributed by atoms with Gasteiger partial charge in [0.15, 0.2) is 0 Å². The summed E-state index contributed by atoms with van der Waals surface area (Å²) >= 11 is 9.98. The molecule has 0 saturated carbocycles. The number of halogens is 3. The normalized spacial score (nSPS) is 12.1. The van der Waals surface area contributed by atoms with Gasteiger partial charge in [0, 0.05) is 38.0 Å². The number of nitrogens with zero attached hydrogens (tertiary/aromatic N) is 2. The van der Waals surface area contributed by atoms with Gasteiger partial charge in [-0.3, -0.25) is 0 Å². The van der Waals surface area contributed by atoms with Crippen molar-refractivity contribution in [1.29, 1.82) is 0 Å². The van der Waals surface area contributed by atoms with Crippen molar-refractivity contribution in [2.24, 2.45) is 0 Å². The molecule has 2 aromatic heterocycles. The first-order valence-electron chi connectivity index (χ1n) is 8.43. The van der Waals surface area contributed by atoms with E-state index in [4.69, 9.17) is 16.3 Å². The molecule has 0 spiro atoms. The molecule has 138 valence electrons. The molecule has 0 aliphatic heterocycles. The van der Waals surface area contributed by atoms with Crippen LogP contribution in [0.1, 0.15) is 0 Å². The molecule has 1 aromatic carbocycles. The average molecular weight is 456 g/mol. The molecule has 0 bridgehead atoms. The van der Waals surface area contributed by atoms with Crippen LogP contribution < -0.4 is 0 Å². The van der Waals surface area contributed by atoms with E-state index >= 15 is 0 Å². The predicted molar refractivity (Wildman–Crippen MR) is 112 cm³/mol. The Labute approximate surface area is 167 Å². The second-order valence-electron chi connectivity index (χ2n) is 7.49. The van der Waals surface area contributed by atoms with E-state index < -0.39 is 8.07 Å². The first-order valence-corrected chi connectivity index (χ1v) is 13.3. The highest BCUT2D eigenvalue weighted by Crippen LogP contribution is 2.38. The summed E-state index contributed by atoms with van der Waals surface area (Å²) in [5, 5.41) is 1.43. The van der Waals surface area contributed by atoms with Crippen molar-refractivity contribution in [3.05, 3.63) is 52.0 Å². The van der Waals surface area contributed by atoms with Crippen LogP contribution in [0.2, 0.25) is 30.7 Å². The highest BCUT2D eigenvalue weighted by molar-refractivity contribution is 9.10. The van der Waals surface area contributed by atoms with Crippen molar-refractivity contribution < 1.29 is 9.13 Å². The number of aromatic nitrogens is 2. The summed E-state index contributed by atoms with van der Waals surface area (Å²) in [5.41, 5.74) is 2.55. The number of hydrogen-bond donors (Lipinski definition) is 0. The number of rotatable bonds is 6. The van der Waals surface area contributed by atoms with Crippen LogP contribution in [0, 0.1) is 5.82 Å². The number of benzene rings is 1. The van der Waals surface area contributed by atoms with Gasteiger partial charge in [-0.2, -0.15) is 0 Å². The third-order valence-electron chi connectivity index (χ3n) is 4.16. The van der Waals surface area contributed by atoms with Crippen LogP contribution in [0.5, 0.6) is 0 Å². The van der Waals surface area contributed by atoms with Gasteiger partial charge in [-0.05, 0) is 39.7 Å². The number of ether oxygens (including phenoxy) is 1. The Kier molecular flexibility index (Phi) is 5.87. The zero-order valence-corrected chi connectivity index (χ0v) is 18.4. The third kappa shape index (κ3) is 4.36. The zero-order chi connectivity index (χ0) is 18.9. The topological polar surface area (TPSA) is 27.1 Å². The SMILES string of the molecule is C[Si](C)(C)CCOCn1cc(-c2ccc(F)cc2)c2c(Cl)c(Br)cnc21. The maximum absolute atomic E-state index is 13.3. The van der Waals surface area contributed by atoms with Crippen molar-refractivity contribution in [3.8, 4) is 11.1 Å². The monoisotopic (exact) mass is 454 g/mol. The van der Waals surface area contributed by atoms with Crippen LogP contribution in [0.3, 0.4) is 0 Å². The minimum absolute atomic E-state index is 0.266. The number of hydrogen-bond acceptors (Lipinski definition) is 2. The molecule has 0 aliphatic rings. The van der Waals surface area contributed by atoms with E-state index in [0.29, 0.717) is 11.8 Å². The quantitative estimate of drug-likeness (QED) is 0.310. The molecular weight excluding hydrogens is 435 g/mol. The second kappa shape index (κ2) is 7.80. The summed E-state index contributed by atoms with van der Waals surface area (Å²) in [6, 6.07) is 7.50. The van der Waals surface area contributed by atoms with Gasteiger partial charge in [-0.15, -0.1) is 0 Å². The van der Waals surface area contributed by atoms with Gasteiger partial charge in [0.2, 0.25) is 0 Å². The highest BCUT2D eigenvalue weighted by atomic mass is 79.9. The van der Waals surface area contributed by atoms with Crippen LogP contribution in [0.25, 0.3) is 22.2 Å². The lowest BCUT2D eigenvalue weighted by Gasteiger charge is -2.15. The highest BCUT2D eigenvalue weighted by Gasteiger charge is 2.17. The molecule has 0 aliphatic carbocycles. The van der Waals surface area contributed by atoms with E-state index in [0.717, 1.165) is 39.3 Å². The minimum Gasteiger partial charge on any atom is -0.361 e. The van der Waals surface area contributed by atoms with Gasteiger partial charge in [0.05, 0.1) is 9.50 Å². The molecule has 0 radical (unpaired) electrons. The van der Waals surface area contributed by atoms with E-state index in [2.05, 4.69) is 40.6 Å². The molecule has 3 rings (SSSR count). The van der Waals surface area contributed by atoms with Crippen molar-refractivity contribution in [3.63, 3.8) is 0 Å². The first-order chi connectivity index (χ1) is 12.3. The fourth-order valence-electron chi connectivity index (χ4n) is 2.68. The Morgan fingerprint density at radius 2 is 1.92 bits per heavy atom. The Morgan fingerprint density at radius 3 is 2.58 bits per heavy atom. The van der Waals surface area contributed by atoms with Gasteiger partial charge in [0.25, 0.3) is 0 Å². The standard InChI is InChI=1S/C19H21BrClFN2OSi/c1-26(2,3)9-8-25-12-24-11-15(13-4-6-14(22)7-5-13)17-18(21)16(20)10-23-19(17)24/h4-7,10-11H,8-9,12H2,1-3H3. The molecule has 26 heavy (non-hydrogen) atoms. The van der Waals surface area contributed by atoms with E-state index in [-0.39, 0.29) is 5.82 Å². The average Bonchev–Trinajstić information content (AvgIpc) is 2.94. The molecule has 0 fully saturated rings. The largest absolute Gasteiger partial charge is 0.361 e. The Morgan fingerprint density at radius 1 is 1.23 bits per heavy atom. The van der Waals surface area contributed by atoms with Gasteiger partial charge in [-0.1, -0.05) is 43.4 Å². The predicted octanol–water partition coefficient (Wildman–Crippen LogP) is 6.57. The Hall–Kier alpha value is -1.21. The molecule has 0 unspecified atom stereocenters. The van der Waals surface area contributed by atoms with E-state index in [1.54, 1.807) is 18.3 Å². The molecule has 0 amide bonds. The maximum Gasteiger partial charge on any atom is 0.143 e. The lowest BCUT2D eigenvalue weighted by Crippen LogP contribution is -2.22. The van der Waals surface area contributed by atoms with Crippen molar-refractivity contribution >= 4 is 46.6 Å². The smallest absolute Gasteiger partial charge is 0.143 e. The number of pyridine rings is 1. The summed E-state index contributed by atoms with van der Waals surface area (Å²) in [6.07, 6.45) is 3.66. The Bertz CT molecular complexity index is 922. The van der Waals surface area contributed by atoms with E-state index in [1.165, 1.54) is 12.1 Å². The van der Waals surface area contributed by atoms with Gasteiger partial charge in [0.1, 0.15) is 18.2 Å². The summed E-state index contributed by atoms with van der Waals surface area (Å²) in [6.45, 7) is 8.12. The van der Waals surface area contributed by atoms with Crippen LogP contribution >= 0.6 is 27.5 Å². The zero-order valence-electron chi connectivity index (χ0n) is 15.0. The van der Waals surface area contributed by atoms with Gasteiger partial charge >= 0.3 is 0 Å². The lowest BCUT2D eigenvalue weighted by molar-refractivity contribution is 0.0899. The fourth-order valence-corrected chi connectivity index (χ4v) is 3.98. The third-order valence-corrected chi connectivity index (χ3v) is 7.09. The van der Waals surface area contributed by atoms with Crippen LogP contribution in [-0.4, -0.2) is 24.2 Å². The maximum atomic E-state index is 13.3. The summed E-state index contributed by atoms with van der Waals surface area (Å²) in [7, 11) is -1.13. The van der Waals surface area contributed by atoms with Crippen LogP contribution in [0.4, 0.5) is 4.39 Å². The van der Waals surface area contributed by atoms with Crippen molar-refractivity contribution in [2.45, 2.75) is 32.4 Å². The molecule has 3 nitrogen and oxygen atoms in total. The van der Waals surface area contributed by atoms with Crippen LogP contribution in [0.15, 0.2) is 41.1 Å². The molecule has 0 atom stereocenters. The summed E-state index contributed by atoms with van der Waals surface area (Å²) < 4.78 is 21.9. The molecule has 0 saturated heterocycles. The van der Waals surface area contributed by atoms with Gasteiger partial charge < -0.3 is 9.30 Å². The van der Waals surface area contributed by atoms with E-state index in [1.807, 2.05) is 10.8 Å². The van der Waals surface area contributed by atoms with Gasteiger partial charge in [-0.25, -0.2) is 9.37 Å². The Balaban J connectivity index is 1.97. The molecule has 3 aromatic rings. The number of fused-ring (bicyclic) bond motifs is 1. The summed E-state index contributed by atoms with van der Waals surface area (Å²) in [4.78, 5) is 4.52. The van der Waals surface area contributed by atoms with Crippen LogP contribution in [-0.2, 0) is 11.5 Å². The van der Waals surface area contributed by atoms with Crippen molar-refractivity contribution in [1.82, 2.24) is 9.55 Å². The lowest BCUT2D eigenvalue weighted by atomic mass is 10.1.